The van der Waals surface area contributed by atoms with Crippen LogP contribution in [0.15, 0.2) is 60.8 Å². The number of anilines is 3. The molecule has 2 aromatic carbocycles. The molecule has 5 rings (SSSR count). The molecule has 4 aromatic rings. The largest absolute Gasteiger partial charge is 0.457 e. The zero-order valence-electron chi connectivity index (χ0n) is 23.1. The summed E-state index contributed by atoms with van der Waals surface area (Å²) in [7, 11) is 1.99. The monoisotopic (exact) mass is 528 g/mol. The number of aryl methyl sites for hydroxylation is 1. The Hall–Kier alpha value is -3.95. The number of rotatable bonds is 8. The minimum absolute atomic E-state index is 0.107. The molecule has 1 fully saturated rings. The van der Waals surface area contributed by atoms with E-state index in [0.29, 0.717) is 29.8 Å². The minimum Gasteiger partial charge on any atom is -0.457 e. The molecule has 0 saturated carbocycles. The third-order valence-corrected chi connectivity index (χ3v) is 6.76. The highest BCUT2D eigenvalue weighted by atomic mass is 16.5. The molecular formula is C30H36N6O3. The van der Waals surface area contributed by atoms with Gasteiger partial charge in [-0.3, -0.25) is 9.69 Å². The van der Waals surface area contributed by atoms with Crippen LogP contribution in [0.4, 0.5) is 17.5 Å². The van der Waals surface area contributed by atoms with Crippen LogP contribution in [0, 0.1) is 0 Å². The van der Waals surface area contributed by atoms with Crippen molar-refractivity contribution in [2.24, 2.45) is 7.05 Å². The maximum absolute atomic E-state index is 12.6. The molecule has 1 aliphatic rings. The summed E-state index contributed by atoms with van der Waals surface area (Å²) in [5.41, 5.74) is 4.07. The van der Waals surface area contributed by atoms with Gasteiger partial charge in [-0.15, -0.1) is 0 Å². The lowest BCUT2D eigenvalue weighted by molar-refractivity contribution is -0.121. The molecule has 3 heterocycles. The number of carbonyl (C=O) groups is 1. The predicted molar refractivity (Wildman–Crippen MR) is 154 cm³/mol. The Morgan fingerprint density at radius 3 is 2.62 bits per heavy atom. The Labute approximate surface area is 229 Å². The molecule has 9 heteroatoms. The van der Waals surface area contributed by atoms with Gasteiger partial charge in [-0.05, 0) is 55.7 Å². The first-order chi connectivity index (χ1) is 18.7. The number of hydrogen-bond donors (Lipinski definition) is 2. The van der Waals surface area contributed by atoms with E-state index in [1.165, 1.54) is 5.56 Å². The van der Waals surface area contributed by atoms with Gasteiger partial charge in [0.25, 0.3) is 0 Å². The zero-order chi connectivity index (χ0) is 27.5. The molecule has 0 unspecified atom stereocenters. The number of aromatic nitrogens is 3. The van der Waals surface area contributed by atoms with Gasteiger partial charge in [0, 0.05) is 44.2 Å². The summed E-state index contributed by atoms with van der Waals surface area (Å²) < 4.78 is 13.9. The molecular weight excluding hydrogens is 492 g/mol. The summed E-state index contributed by atoms with van der Waals surface area (Å²) >= 11 is 0. The number of carbonyl (C=O) groups excluding carboxylic acids is 1. The molecule has 0 spiro atoms. The van der Waals surface area contributed by atoms with Gasteiger partial charge in [0.15, 0.2) is 0 Å². The fourth-order valence-electron chi connectivity index (χ4n) is 4.94. The smallest absolute Gasteiger partial charge is 0.239 e. The third kappa shape index (κ3) is 6.55. The van der Waals surface area contributed by atoms with Crippen molar-refractivity contribution < 1.29 is 14.3 Å². The minimum atomic E-state index is -0.116. The molecule has 0 aliphatic carbocycles. The summed E-state index contributed by atoms with van der Waals surface area (Å²) in [5.74, 6) is 2.75. The van der Waals surface area contributed by atoms with Gasteiger partial charge < -0.3 is 24.7 Å². The van der Waals surface area contributed by atoms with E-state index in [-0.39, 0.29) is 18.1 Å². The van der Waals surface area contributed by atoms with Crippen molar-refractivity contribution in [3.8, 4) is 11.5 Å². The number of imidazole rings is 1. The van der Waals surface area contributed by atoms with Crippen LogP contribution in [0.3, 0.4) is 0 Å². The first-order valence-electron chi connectivity index (χ1n) is 13.4. The molecule has 0 bridgehead atoms. The van der Waals surface area contributed by atoms with E-state index >= 15 is 0 Å². The van der Waals surface area contributed by atoms with Crippen LogP contribution in [0.5, 0.6) is 11.5 Å². The van der Waals surface area contributed by atoms with Crippen LogP contribution in [0.25, 0.3) is 11.0 Å². The average molecular weight is 529 g/mol. The predicted octanol–water partition coefficient (Wildman–Crippen LogP) is 5.68. The maximum Gasteiger partial charge on any atom is 0.239 e. The number of pyridine rings is 1. The summed E-state index contributed by atoms with van der Waals surface area (Å²) in [6.45, 7) is 10.2. The van der Waals surface area contributed by atoms with Crippen molar-refractivity contribution in [2.45, 2.75) is 45.8 Å². The van der Waals surface area contributed by atoms with Gasteiger partial charge in [-0.1, -0.05) is 26.0 Å². The lowest BCUT2D eigenvalue weighted by Gasteiger charge is -2.34. The SMILES string of the molecule is CC(C)c1cccc(Nc2nc3cc(Oc4ccnc(NC(=O)CN5C[C@@H](C)O[C@@H](C)C5)c4)ccc3n2C)c1. The van der Waals surface area contributed by atoms with Gasteiger partial charge >= 0.3 is 0 Å². The normalized spacial score (nSPS) is 17.9. The van der Waals surface area contributed by atoms with Crippen molar-refractivity contribution in [1.29, 1.82) is 0 Å². The van der Waals surface area contributed by atoms with Crippen molar-refractivity contribution in [3.63, 3.8) is 0 Å². The fraction of sp³-hybridized carbons (Fsp3) is 0.367. The van der Waals surface area contributed by atoms with E-state index in [4.69, 9.17) is 14.5 Å². The van der Waals surface area contributed by atoms with Crippen molar-refractivity contribution in [3.05, 3.63) is 66.4 Å². The van der Waals surface area contributed by atoms with Crippen LogP contribution < -0.4 is 15.4 Å². The van der Waals surface area contributed by atoms with Crippen LogP contribution in [-0.4, -0.2) is 57.2 Å². The Kier molecular flexibility index (Phi) is 7.81. The first kappa shape index (κ1) is 26.6. The van der Waals surface area contributed by atoms with Crippen LogP contribution >= 0.6 is 0 Å². The molecule has 204 valence electrons. The Morgan fingerprint density at radius 2 is 1.85 bits per heavy atom. The van der Waals surface area contributed by atoms with E-state index in [9.17, 15) is 4.79 Å². The van der Waals surface area contributed by atoms with Crippen molar-refractivity contribution >= 4 is 34.4 Å². The van der Waals surface area contributed by atoms with E-state index in [1.54, 1.807) is 18.3 Å². The van der Waals surface area contributed by atoms with E-state index in [1.807, 2.05) is 49.7 Å². The quantitative estimate of drug-likeness (QED) is 0.304. The summed E-state index contributed by atoms with van der Waals surface area (Å²) in [4.78, 5) is 23.8. The number of benzene rings is 2. The number of amides is 1. The summed E-state index contributed by atoms with van der Waals surface area (Å²) in [6, 6.07) is 17.7. The molecule has 2 N–H and O–H groups in total. The lowest BCUT2D eigenvalue weighted by Crippen LogP contribution is -2.48. The second-order valence-electron chi connectivity index (χ2n) is 10.5. The van der Waals surface area contributed by atoms with Crippen LogP contribution in [0.1, 0.15) is 39.2 Å². The molecule has 1 amide bonds. The van der Waals surface area contributed by atoms with Gasteiger partial charge in [0.1, 0.15) is 17.3 Å². The number of morpholine rings is 1. The topological polar surface area (TPSA) is 93.5 Å². The Balaban J connectivity index is 1.25. The standard InChI is InChI=1S/C30H36N6O3/c1-19(2)22-7-6-8-23(13-22)32-30-33-26-14-24(9-10-27(26)35(30)5)39-25-11-12-31-28(15-25)34-29(37)18-36-16-20(3)38-21(4)17-36/h6-15,19-21H,16-18H2,1-5H3,(H,32,33)(H,31,34,37)/t20-,21+. The maximum atomic E-state index is 12.6. The molecule has 39 heavy (non-hydrogen) atoms. The molecule has 2 aromatic heterocycles. The van der Waals surface area contributed by atoms with E-state index in [0.717, 1.165) is 35.8 Å². The molecule has 9 nitrogen and oxygen atoms in total. The highest BCUT2D eigenvalue weighted by molar-refractivity contribution is 5.91. The average Bonchev–Trinajstić information content (AvgIpc) is 3.17. The number of fused-ring (bicyclic) bond motifs is 1. The highest BCUT2D eigenvalue weighted by Gasteiger charge is 2.23. The highest BCUT2D eigenvalue weighted by Crippen LogP contribution is 2.29. The van der Waals surface area contributed by atoms with E-state index < -0.39 is 0 Å². The molecule has 1 saturated heterocycles. The van der Waals surface area contributed by atoms with Crippen molar-refractivity contribution in [2.75, 3.05) is 30.3 Å². The number of nitrogens with zero attached hydrogens (tertiary/aromatic N) is 4. The summed E-state index contributed by atoms with van der Waals surface area (Å²) in [5, 5.41) is 6.32. The Morgan fingerprint density at radius 1 is 1.08 bits per heavy atom. The third-order valence-electron chi connectivity index (χ3n) is 6.76. The lowest BCUT2D eigenvalue weighted by atomic mass is 10.0. The van der Waals surface area contributed by atoms with Crippen molar-refractivity contribution in [1.82, 2.24) is 19.4 Å². The van der Waals surface area contributed by atoms with Crippen LogP contribution in [-0.2, 0) is 16.6 Å². The summed E-state index contributed by atoms with van der Waals surface area (Å²) in [6.07, 6.45) is 1.84. The van der Waals surface area contributed by atoms with E-state index in [2.05, 4.69) is 52.6 Å². The molecule has 0 radical (unpaired) electrons. The number of ether oxygens (including phenoxy) is 2. The van der Waals surface area contributed by atoms with Gasteiger partial charge in [-0.2, -0.15) is 0 Å². The number of nitrogens with one attached hydrogen (secondary N) is 2. The van der Waals surface area contributed by atoms with Crippen LogP contribution in [0.2, 0.25) is 0 Å². The first-order valence-corrected chi connectivity index (χ1v) is 13.4. The van der Waals surface area contributed by atoms with Gasteiger partial charge in [-0.25, -0.2) is 9.97 Å². The fourth-order valence-corrected chi connectivity index (χ4v) is 4.94. The van der Waals surface area contributed by atoms with Gasteiger partial charge in [0.05, 0.1) is 29.8 Å². The zero-order valence-corrected chi connectivity index (χ0v) is 23.1. The van der Waals surface area contributed by atoms with Gasteiger partial charge in [0.2, 0.25) is 11.9 Å². The Bertz CT molecular complexity index is 1460. The second-order valence-corrected chi connectivity index (χ2v) is 10.5. The number of hydrogen-bond acceptors (Lipinski definition) is 7. The second kappa shape index (κ2) is 11.4. The molecule has 2 atom stereocenters. The molecule has 1 aliphatic heterocycles.